The summed E-state index contributed by atoms with van der Waals surface area (Å²) in [5.41, 5.74) is 1.35. The van der Waals surface area contributed by atoms with Crippen LogP contribution in [0.25, 0.3) is 0 Å². The first-order valence-electron chi connectivity index (χ1n) is 10.4. The molecule has 0 aromatic heterocycles. The quantitative estimate of drug-likeness (QED) is 0.522. The van der Waals surface area contributed by atoms with Gasteiger partial charge in [-0.05, 0) is 79.1 Å². The summed E-state index contributed by atoms with van der Waals surface area (Å²) in [4.78, 5) is 2.17. The van der Waals surface area contributed by atoms with Crippen molar-refractivity contribution in [3.05, 3.63) is 95.8 Å². The number of sulfonamides is 1. The van der Waals surface area contributed by atoms with Gasteiger partial charge in [-0.3, -0.25) is 9.21 Å². The molecule has 0 saturated carbocycles. The van der Waals surface area contributed by atoms with Gasteiger partial charge in [0.15, 0.2) is 0 Å². The number of nitrogens with zero attached hydrogens (tertiary/aromatic N) is 2. The van der Waals surface area contributed by atoms with Crippen LogP contribution >= 0.6 is 0 Å². The van der Waals surface area contributed by atoms with Crippen LogP contribution in [-0.2, 0) is 16.6 Å². The first kappa shape index (κ1) is 22.4. The third kappa shape index (κ3) is 4.97. The van der Waals surface area contributed by atoms with Gasteiger partial charge >= 0.3 is 0 Å². The summed E-state index contributed by atoms with van der Waals surface area (Å²) in [7, 11) is -3.98. The second-order valence-corrected chi connectivity index (χ2v) is 9.68. The third-order valence-electron chi connectivity index (χ3n) is 5.66. The Morgan fingerprint density at radius 3 is 1.75 bits per heavy atom. The van der Waals surface area contributed by atoms with Crippen LogP contribution in [-0.4, -0.2) is 32.4 Å². The highest BCUT2D eigenvalue weighted by molar-refractivity contribution is 7.92. The fourth-order valence-corrected chi connectivity index (χ4v) is 5.72. The molecule has 168 valence electrons. The van der Waals surface area contributed by atoms with Crippen LogP contribution in [0.15, 0.2) is 77.7 Å². The van der Waals surface area contributed by atoms with Gasteiger partial charge in [-0.2, -0.15) is 0 Å². The number of anilines is 1. The van der Waals surface area contributed by atoms with Crippen molar-refractivity contribution in [1.29, 1.82) is 0 Å². The lowest BCUT2D eigenvalue weighted by molar-refractivity contribution is 0.206. The molecule has 0 atom stereocenters. The fourth-order valence-electron chi connectivity index (χ4n) is 4.01. The Morgan fingerprint density at radius 1 is 0.750 bits per heavy atom. The topological polar surface area (TPSA) is 40.6 Å². The molecule has 1 aliphatic heterocycles. The van der Waals surface area contributed by atoms with Gasteiger partial charge in [0.25, 0.3) is 10.0 Å². The van der Waals surface area contributed by atoms with Crippen LogP contribution in [0.2, 0.25) is 0 Å². The van der Waals surface area contributed by atoms with Crippen LogP contribution in [0.5, 0.6) is 0 Å². The predicted octanol–water partition coefficient (Wildman–Crippen LogP) is 4.96. The number of benzene rings is 3. The monoisotopic (exact) mass is 460 g/mol. The van der Waals surface area contributed by atoms with Crippen LogP contribution in [0.3, 0.4) is 0 Å². The molecule has 8 heteroatoms. The van der Waals surface area contributed by atoms with Gasteiger partial charge < -0.3 is 0 Å². The number of halogens is 3. The maximum absolute atomic E-state index is 13.5. The first-order valence-corrected chi connectivity index (χ1v) is 11.8. The molecule has 32 heavy (non-hydrogen) atoms. The van der Waals surface area contributed by atoms with Gasteiger partial charge in [0.1, 0.15) is 17.5 Å². The maximum atomic E-state index is 13.5. The third-order valence-corrected chi connectivity index (χ3v) is 7.55. The highest BCUT2D eigenvalue weighted by Gasteiger charge is 2.34. The van der Waals surface area contributed by atoms with E-state index in [9.17, 15) is 21.6 Å². The van der Waals surface area contributed by atoms with Crippen molar-refractivity contribution < 1.29 is 21.6 Å². The van der Waals surface area contributed by atoms with Crippen molar-refractivity contribution in [2.75, 3.05) is 17.4 Å². The minimum absolute atomic E-state index is 0.0167. The van der Waals surface area contributed by atoms with Gasteiger partial charge in [-0.25, -0.2) is 21.6 Å². The van der Waals surface area contributed by atoms with Gasteiger partial charge in [-0.15, -0.1) is 0 Å². The zero-order valence-corrected chi connectivity index (χ0v) is 18.1. The highest BCUT2D eigenvalue weighted by atomic mass is 32.2. The van der Waals surface area contributed by atoms with Crippen LogP contribution in [0.1, 0.15) is 18.4 Å². The Balaban J connectivity index is 1.56. The Labute approximate surface area is 186 Å². The van der Waals surface area contributed by atoms with E-state index in [-0.39, 0.29) is 16.8 Å². The lowest BCUT2D eigenvalue weighted by atomic mass is 10.0. The van der Waals surface area contributed by atoms with E-state index in [1.54, 1.807) is 12.1 Å². The van der Waals surface area contributed by atoms with Gasteiger partial charge in [0.2, 0.25) is 0 Å². The van der Waals surface area contributed by atoms with E-state index in [2.05, 4.69) is 4.90 Å². The van der Waals surface area contributed by atoms with E-state index in [0.717, 1.165) is 17.7 Å². The molecule has 1 aliphatic rings. The summed E-state index contributed by atoms with van der Waals surface area (Å²) >= 11 is 0. The molecule has 1 heterocycles. The minimum Gasteiger partial charge on any atom is -0.299 e. The predicted molar refractivity (Wildman–Crippen MR) is 117 cm³/mol. The van der Waals surface area contributed by atoms with E-state index in [0.29, 0.717) is 38.2 Å². The second kappa shape index (κ2) is 9.34. The van der Waals surface area contributed by atoms with Crippen molar-refractivity contribution in [1.82, 2.24) is 4.90 Å². The molecular weight excluding hydrogens is 437 g/mol. The average Bonchev–Trinajstić information content (AvgIpc) is 2.78. The second-order valence-electron chi connectivity index (χ2n) is 7.86. The Morgan fingerprint density at radius 2 is 1.22 bits per heavy atom. The molecule has 0 bridgehead atoms. The summed E-state index contributed by atoms with van der Waals surface area (Å²) in [5.74, 6) is -1.26. The van der Waals surface area contributed by atoms with E-state index in [4.69, 9.17) is 0 Å². The van der Waals surface area contributed by atoms with E-state index in [1.165, 1.54) is 52.8 Å². The number of rotatable bonds is 6. The molecule has 1 saturated heterocycles. The summed E-state index contributed by atoms with van der Waals surface area (Å²) in [6.07, 6.45) is 1.14. The summed E-state index contributed by atoms with van der Waals surface area (Å²) in [5, 5.41) is 0. The molecule has 4 nitrogen and oxygen atoms in total. The number of hydrogen-bond donors (Lipinski definition) is 0. The van der Waals surface area contributed by atoms with Crippen molar-refractivity contribution in [3.63, 3.8) is 0 Å². The molecule has 0 unspecified atom stereocenters. The van der Waals surface area contributed by atoms with Gasteiger partial charge in [0.05, 0.1) is 10.6 Å². The molecular formula is C24H23F3N2O2S. The normalized spacial score (nSPS) is 15.6. The fraction of sp³-hybridized carbons (Fsp3) is 0.250. The Bertz CT molecular complexity index is 1140. The van der Waals surface area contributed by atoms with Gasteiger partial charge in [-0.1, -0.05) is 12.1 Å². The molecule has 0 amide bonds. The molecule has 3 aromatic carbocycles. The smallest absolute Gasteiger partial charge is 0.264 e. The molecule has 0 N–H and O–H groups in total. The van der Waals surface area contributed by atoms with Crippen LogP contribution < -0.4 is 4.31 Å². The Kier molecular flexibility index (Phi) is 6.53. The zero-order valence-electron chi connectivity index (χ0n) is 17.3. The standard InChI is InChI=1S/C24H23F3N2O2S/c25-19-3-1-18(2-4-19)17-28-15-13-23(14-16-28)29(22-9-5-20(26)6-10-22)32(30,31)24-11-7-21(27)8-12-24/h1-12,23H,13-17H2. The lowest BCUT2D eigenvalue weighted by Gasteiger charge is -2.39. The van der Waals surface area contributed by atoms with E-state index < -0.39 is 21.7 Å². The summed E-state index contributed by atoms with van der Waals surface area (Å²) in [6, 6.07) is 16.1. The maximum Gasteiger partial charge on any atom is 0.264 e. The summed E-state index contributed by atoms with van der Waals surface area (Å²) in [6.45, 7) is 1.95. The molecule has 0 aliphatic carbocycles. The van der Waals surface area contributed by atoms with Gasteiger partial charge in [0, 0.05) is 25.7 Å². The lowest BCUT2D eigenvalue weighted by Crippen LogP contribution is -2.47. The van der Waals surface area contributed by atoms with E-state index in [1.807, 2.05) is 0 Å². The van der Waals surface area contributed by atoms with Crippen LogP contribution in [0.4, 0.5) is 18.9 Å². The Hall–Kier alpha value is -2.84. The largest absolute Gasteiger partial charge is 0.299 e. The van der Waals surface area contributed by atoms with Crippen molar-refractivity contribution in [2.24, 2.45) is 0 Å². The van der Waals surface area contributed by atoms with Crippen molar-refractivity contribution >= 4 is 15.7 Å². The minimum atomic E-state index is -3.98. The SMILES string of the molecule is O=S(=O)(c1ccc(F)cc1)N(c1ccc(F)cc1)C1CCN(Cc2ccc(F)cc2)CC1. The zero-order chi connectivity index (χ0) is 22.7. The first-order chi connectivity index (χ1) is 15.3. The molecule has 4 rings (SSSR count). The summed E-state index contributed by atoms with van der Waals surface area (Å²) < 4.78 is 68.3. The number of hydrogen-bond acceptors (Lipinski definition) is 3. The van der Waals surface area contributed by atoms with Crippen LogP contribution in [0, 0.1) is 17.5 Å². The number of piperidine rings is 1. The number of likely N-dealkylation sites (tertiary alicyclic amines) is 1. The molecule has 0 spiro atoms. The highest BCUT2D eigenvalue weighted by Crippen LogP contribution is 2.31. The molecule has 3 aromatic rings. The molecule has 0 radical (unpaired) electrons. The van der Waals surface area contributed by atoms with E-state index >= 15 is 0 Å². The van der Waals surface area contributed by atoms with Crippen molar-refractivity contribution in [3.8, 4) is 0 Å². The average molecular weight is 461 g/mol. The van der Waals surface area contributed by atoms with Crippen molar-refractivity contribution in [2.45, 2.75) is 30.3 Å². The molecule has 1 fully saturated rings.